The van der Waals surface area contributed by atoms with Gasteiger partial charge in [-0.25, -0.2) is 14.3 Å². The van der Waals surface area contributed by atoms with Gasteiger partial charge in [0.1, 0.15) is 6.07 Å². The van der Waals surface area contributed by atoms with Crippen LogP contribution in [0.4, 0.5) is 0 Å². The van der Waals surface area contributed by atoms with Gasteiger partial charge in [0.15, 0.2) is 6.10 Å². The molecule has 26 heavy (non-hydrogen) atoms. The van der Waals surface area contributed by atoms with E-state index >= 15 is 0 Å². The molecule has 0 saturated heterocycles. The molecule has 1 atom stereocenters. The van der Waals surface area contributed by atoms with Crippen molar-refractivity contribution in [2.24, 2.45) is 0 Å². The molecule has 2 heterocycles. The highest BCUT2D eigenvalue weighted by Gasteiger charge is 2.16. The molecule has 132 valence electrons. The summed E-state index contributed by atoms with van der Waals surface area (Å²) in [6.45, 7) is 5.40. The molecule has 3 aromatic rings. The van der Waals surface area contributed by atoms with E-state index in [9.17, 15) is 4.79 Å². The van der Waals surface area contributed by atoms with E-state index in [-0.39, 0.29) is 0 Å². The molecule has 0 saturated carbocycles. The zero-order chi connectivity index (χ0) is 18.7. The average Bonchev–Trinajstić information content (AvgIpc) is 3.03. The third-order valence-electron chi connectivity index (χ3n) is 3.66. The van der Waals surface area contributed by atoms with E-state index in [0.717, 1.165) is 17.0 Å². The standard InChI is InChI=1S/C18H17N5O2S/c1-11-8-12(2)23-17(20-11)21-18(22-23)26-10-14-6-4-5-7-15(14)16(24)25-13(3)9-19/h4-8,13H,10H2,1-3H3/t13-/m1/s1. The highest BCUT2D eigenvalue weighted by Crippen LogP contribution is 2.23. The summed E-state index contributed by atoms with van der Waals surface area (Å²) in [5.74, 6) is 0.549. The second kappa shape index (κ2) is 7.54. The van der Waals surface area contributed by atoms with Crippen LogP contribution in [0.5, 0.6) is 0 Å². The Kier molecular flexibility index (Phi) is 5.19. The molecule has 0 aliphatic rings. The Morgan fingerprint density at radius 2 is 2.12 bits per heavy atom. The fraction of sp³-hybridized carbons (Fsp3) is 0.278. The third-order valence-corrected chi connectivity index (χ3v) is 4.54. The number of esters is 1. The maximum Gasteiger partial charge on any atom is 0.339 e. The summed E-state index contributed by atoms with van der Waals surface area (Å²) in [6, 6.07) is 11.0. The summed E-state index contributed by atoms with van der Waals surface area (Å²) in [7, 11) is 0. The van der Waals surface area contributed by atoms with Crippen LogP contribution < -0.4 is 0 Å². The maximum absolute atomic E-state index is 12.2. The van der Waals surface area contributed by atoms with Crippen LogP contribution in [0.15, 0.2) is 35.5 Å². The van der Waals surface area contributed by atoms with Crippen LogP contribution in [0.2, 0.25) is 0 Å². The number of rotatable bonds is 5. The van der Waals surface area contributed by atoms with Crippen LogP contribution in [-0.2, 0) is 10.5 Å². The van der Waals surface area contributed by atoms with Crippen LogP contribution >= 0.6 is 11.8 Å². The summed E-state index contributed by atoms with van der Waals surface area (Å²) in [4.78, 5) is 21.0. The minimum atomic E-state index is -0.791. The number of nitrogens with zero attached hydrogens (tertiary/aromatic N) is 5. The number of carbonyl (C=O) groups is 1. The van der Waals surface area contributed by atoms with E-state index in [4.69, 9.17) is 10.00 Å². The lowest BCUT2D eigenvalue weighted by molar-refractivity contribution is 0.0434. The van der Waals surface area contributed by atoms with E-state index in [1.54, 1.807) is 16.6 Å². The molecule has 0 radical (unpaired) electrons. The quantitative estimate of drug-likeness (QED) is 0.505. The summed E-state index contributed by atoms with van der Waals surface area (Å²) in [5, 5.41) is 13.8. The summed E-state index contributed by atoms with van der Waals surface area (Å²) in [5.41, 5.74) is 3.09. The van der Waals surface area contributed by atoms with Crippen molar-refractivity contribution in [3.05, 3.63) is 52.8 Å². The molecule has 0 N–H and O–H groups in total. The van der Waals surface area contributed by atoms with Gasteiger partial charge in [0.25, 0.3) is 5.78 Å². The van der Waals surface area contributed by atoms with E-state index < -0.39 is 12.1 Å². The number of hydrogen-bond acceptors (Lipinski definition) is 7. The minimum absolute atomic E-state index is 0.441. The molecule has 8 heteroatoms. The fourth-order valence-electron chi connectivity index (χ4n) is 2.45. The predicted molar refractivity (Wildman–Crippen MR) is 96.7 cm³/mol. The van der Waals surface area contributed by atoms with Crippen molar-refractivity contribution < 1.29 is 9.53 Å². The number of aromatic nitrogens is 4. The smallest absolute Gasteiger partial charge is 0.339 e. The first-order valence-electron chi connectivity index (χ1n) is 8.00. The van der Waals surface area contributed by atoms with Crippen LogP contribution in [-0.4, -0.2) is 31.7 Å². The van der Waals surface area contributed by atoms with Crippen LogP contribution in [0.1, 0.15) is 34.2 Å². The minimum Gasteiger partial charge on any atom is -0.444 e. The lowest BCUT2D eigenvalue weighted by Crippen LogP contribution is -2.14. The normalized spacial score (nSPS) is 11.9. The van der Waals surface area contributed by atoms with Crippen molar-refractivity contribution in [2.75, 3.05) is 0 Å². The van der Waals surface area contributed by atoms with Gasteiger partial charge in [-0.2, -0.15) is 10.2 Å². The van der Waals surface area contributed by atoms with Gasteiger partial charge in [0, 0.05) is 17.1 Å². The molecule has 7 nitrogen and oxygen atoms in total. The Labute approximate surface area is 155 Å². The van der Waals surface area contributed by atoms with Crippen molar-refractivity contribution in [2.45, 2.75) is 37.8 Å². The largest absolute Gasteiger partial charge is 0.444 e. The third kappa shape index (κ3) is 3.83. The van der Waals surface area contributed by atoms with Crippen LogP contribution in [0, 0.1) is 25.2 Å². The van der Waals surface area contributed by atoms with Crippen molar-refractivity contribution in [3.8, 4) is 6.07 Å². The van der Waals surface area contributed by atoms with E-state index in [2.05, 4.69) is 15.1 Å². The monoisotopic (exact) mass is 367 g/mol. The van der Waals surface area contributed by atoms with E-state index in [1.165, 1.54) is 18.7 Å². The highest BCUT2D eigenvalue weighted by atomic mass is 32.2. The second-order valence-corrected chi connectivity index (χ2v) is 6.71. The number of aryl methyl sites for hydroxylation is 2. The molecule has 0 aliphatic heterocycles. The van der Waals surface area contributed by atoms with Gasteiger partial charge in [-0.05, 0) is 38.5 Å². The molecule has 0 fully saturated rings. The Balaban J connectivity index is 1.79. The molecule has 2 aromatic heterocycles. The number of hydrogen-bond donors (Lipinski definition) is 0. The number of thioether (sulfide) groups is 1. The van der Waals surface area contributed by atoms with Crippen molar-refractivity contribution >= 4 is 23.5 Å². The Morgan fingerprint density at radius 3 is 2.88 bits per heavy atom. The maximum atomic E-state index is 12.2. The lowest BCUT2D eigenvalue weighted by atomic mass is 10.1. The van der Waals surface area contributed by atoms with Gasteiger partial charge in [-0.1, -0.05) is 30.0 Å². The lowest BCUT2D eigenvalue weighted by Gasteiger charge is -2.09. The predicted octanol–water partition coefficient (Wildman–Crippen LogP) is 3.10. The molecule has 3 rings (SSSR count). The first-order valence-corrected chi connectivity index (χ1v) is 8.99. The summed E-state index contributed by atoms with van der Waals surface area (Å²) < 4.78 is 6.80. The molecule has 0 unspecified atom stereocenters. The Hall–Kier alpha value is -2.92. The molecule has 0 spiro atoms. The summed E-state index contributed by atoms with van der Waals surface area (Å²) in [6.07, 6.45) is -0.791. The van der Waals surface area contributed by atoms with E-state index in [1.807, 2.05) is 38.1 Å². The molecule has 0 aliphatic carbocycles. The SMILES string of the molecule is Cc1cc(C)n2nc(SCc3ccccc3C(=O)O[C@H](C)C#N)nc2n1. The first kappa shape index (κ1) is 17.9. The number of ether oxygens (including phenoxy) is 1. The molecule has 0 amide bonds. The molecule has 1 aromatic carbocycles. The van der Waals surface area contributed by atoms with Gasteiger partial charge < -0.3 is 4.74 Å². The molecule has 0 bridgehead atoms. The van der Waals surface area contributed by atoms with Gasteiger partial charge >= 0.3 is 5.97 Å². The van der Waals surface area contributed by atoms with Crippen LogP contribution in [0.25, 0.3) is 5.78 Å². The van der Waals surface area contributed by atoms with Crippen molar-refractivity contribution in [1.29, 1.82) is 5.26 Å². The number of nitriles is 1. The highest BCUT2D eigenvalue weighted by molar-refractivity contribution is 7.98. The number of fused-ring (bicyclic) bond motifs is 1. The molecular formula is C18H17N5O2S. The van der Waals surface area contributed by atoms with Gasteiger partial charge in [0.05, 0.1) is 5.56 Å². The number of carbonyl (C=O) groups excluding carboxylic acids is 1. The summed E-state index contributed by atoms with van der Waals surface area (Å²) >= 11 is 1.41. The van der Waals surface area contributed by atoms with Gasteiger partial charge in [-0.15, -0.1) is 5.10 Å². The van der Waals surface area contributed by atoms with Crippen LogP contribution in [0.3, 0.4) is 0 Å². The Bertz CT molecular complexity index is 1010. The topological polar surface area (TPSA) is 93.2 Å². The zero-order valence-corrected chi connectivity index (χ0v) is 15.4. The molecular weight excluding hydrogens is 350 g/mol. The Morgan fingerprint density at radius 1 is 1.35 bits per heavy atom. The zero-order valence-electron chi connectivity index (χ0n) is 14.6. The second-order valence-electron chi connectivity index (χ2n) is 5.77. The average molecular weight is 367 g/mol. The van der Waals surface area contributed by atoms with Crippen molar-refractivity contribution in [1.82, 2.24) is 19.6 Å². The van der Waals surface area contributed by atoms with Gasteiger partial charge in [-0.3, -0.25) is 0 Å². The number of benzene rings is 1. The fourth-order valence-corrected chi connectivity index (χ4v) is 3.27. The van der Waals surface area contributed by atoms with E-state index in [0.29, 0.717) is 22.3 Å². The van der Waals surface area contributed by atoms with Gasteiger partial charge in [0.2, 0.25) is 5.16 Å². The first-order chi connectivity index (χ1) is 12.5. The van der Waals surface area contributed by atoms with Crippen molar-refractivity contribution in [3.63, 3.8) is 0 Å².